The Morgan fingerprint density at radius 1 is 1.23 bits per heavy atom. The van der Waals surface area contributed by atoms with Crippen molar-refractivity contribution in [3.8, 4) is 0 Å². The lowest BCUT2D eigenvalue weighted by molar-refractivity contribution is -0.138. The number of hydrogen-bond donors (Lipinski definition) is 1. The third-order valence-corrected chi connectivity index (χ3v) is 3.09. The monoisotopic (exact) mass is 311 g/mol. The predicted octanol–water partition coefficient (Wildman–Crippen LogP) is 3.71. The van der Waals surface area contributed by atoms with Crippen molar-refractivity contribution < 1.29 is 17.6 Å². The van der Waals surface area contributed by atoms with Crippen molar-refractivity contribution in [3.63, 3.8) is 0 Å². The van der Waals surface area contributed by atoms with E-state index in [0.29, 0.717) is 0 Å². The molecule has 0 saturated heterocycles. The Bertz CT molecular complexity index is 695. The zero-order valence-electron chi connectivity index (χ0n) is 11.6. The quantitative estimate of drug-likeness (QED) is 0.534. The van der Waals surface area contributed by atoms with Crippen molar-refractivity contribution >= 4 is 5.84 Å². The van der Waals surface area contributed by atoms with Crippen molar-refractivity contribution in [2.45, 2.75) is 19.1 Å². The van der Waals surface area contributed by atoms with Crippen LogP contribution in [-0.4, -0.2) is 10.8 Å². The van der Waals surface area contributed by atoms with E-state index in [2.05, 4.69) is 9.98 Å². The number of aliphatic imine (C=N–C) groups is 1. The van der Waals surface area contributed by atoms with Crippen molar-refractivity contribution in [2.75, 3.05) is 0 Å². The molecule has 0 amide bonds. The van der Waals surface area contributed by atoms with E-state index in [0.717, 1.165) is 18.5 Å². The molecule has 1 unspecified atom stereocenters. The molecule has 0 aliphatic rings. The van der Waals surface area contributed by atoms with Crippen LogP contribution in [0.5, 0.6) is 0 Å². The number of nitrogens with two attached hydrogens (primary N) is 1. The summed E-state index contributed by atoms with van der Waals surface area (Å²) in [6.07, 6.45) is -2.37. The summed E-state index contributed by atoms with van der Waals surface area (Å²) in [5, 5.41) is 0. The molecule has 1 heterocycles. The normalized spacial score (nSPS) is 14.0. The largest absolute Gasteiger partial charge is 0.416 e. The molecule has 2 rings (SSSR count). The summed E-state index contributed by atoms with van der Waals surface area (Å²) in [5.41, 5.74) is 4.80. The van der Waals surface area contributed by atoms with Crippen LogP contribution in [-0.2, 0) is 6.18 Å². The van der Waals surface area contributed by atoms with Crippen LogP contribution in [0.4, 0.5) is 17.6 Å². The maximum atomic E-state index is 13.6. The van der Waals surface area contributed by atoms with Crippen LogP contribution >= 0.6 is 0 Å². The molecular formula is C15H13F4N3. The summed E-state index contributed by atoms with van der Waals surface area (Å²) in [6, 6.07) is 5.63. The molecule has 1 aromatic carbocycles. The molecule has 2 aromatic rings. The van der Waals surface area contributed by atoms with Crippen LogP contribution in [0.1, 0.15) is 29.7 Å². The van der Waals surface area contributed by atoms with Crippen molar-refractivity contribution in [2.24, 2.45) is 10.7 Å². The Kier molecular flexibility index (Phi) is 4.44. The van der Waals surface area contributed by atoms with Gasteiger partial charge >= 0.3 is 6.18 Å². The van der Waals surface area contributed by atoms with E-state index >= 15 is 0 Å². The molecule has 1 aromatic heterocycles. The van der Waals surface area contributed by atoms with E-state index in [1.165, 1.54) is 25.1 Å². The average Bonchev–Trinajstić information content (AvgIpc) is 2.46. The van der Waals surface area contributed by atoms with E-state index < -0.39 is 23.6 Å². The minimum atomic E-state index is -4.52. The number of hydrogen-bond acceptors (Lipinski definition) is 2. The maximum Gasteiger partial charge on any atom is 0.416 e. The predicted molar refractivity (Wildman–Crippen MR) is 74.8 cm³/mol. The first-order valence-electron chi connectivity index (χ1n) is 6.40. The van der Waals surface area contributed by atoms with Gasteiger partial charge in [-0.15, -0.1) is 0 Å². The Morgan fingerprint density at radius 2 is 1.91 bits per heavy atom. The Hall–Kier alpha value is -2.44. The third kappa shape index (κ3) is 3.41. The maximum absolute atomic E-state index is 13.6. The molecule has 116 valence electrons. The van der Waals surface area contributed by atoms with Crippen molar-refractivity contribution in [1.29, 1.82) is 0 Å². The fraction of sp³-hybridized carbons (Fsp3) is 0.200. The molecule has 0 bridgehead atoms. The zero-order chi connectivity index (χ0) is 16.3. The smallest absolute Gasteiger partial charge is 0.383 e. The van der Waals surface area contributed by atoms with Crippen LogP contribution in [0.25, 0.3) is 0 Å². The zero-order valence-corrected chi connectivity index (χ0v) is 11.6. The van der Waals surface area contributed by atoms with Gasteiger partial charge in [-0.2, -0.15) is 13.2 Å². The van der Waals surface area contributed by atoms with Gasteiger partial charge in [0, 0.05) is 18.0 Å². The molecule has 0 spiro atoms. The Balaban J connectivity index is 2.40. The lowest BCUT2D eigenvalue weighted by atomic mass is 10.0. The van der Waals surface area contributed by atoms with E-state index in [1.807, 2.05) is 0 Å². The van der Waals surface area contributed by atoms with Crippen LogP contribution in [0.2, 0.25) is 0 Å². The minimum absolute atomic E-state index is 0.0480. The number of nitrogens with zero attached hydrogens (tertiary/aromatic N) is 2. The molecule has 0 aliphatic heterocycles. The molecule has 3 nitrogen and oxygen atoms in total. The molecule has 0 aliphatic carbocycles. The first kappa shape index (κ1) is 15.9. The number of rotatable bonds is 3. The molecule has 0 fully saturated rings. The molecule has 2 N–H and O–H groups in total. The topological polar surface area (TPSA) is 51.3 Å². The lowest BCUT2D eigenvalue weighted by Gasteiger charge is -2.15. The highest BCUT2D eigenvalue weighted by Gasteiger charge is 2.34. The first-order valence-corrected chi connectivity index (χ1v) is 6.40. The minimum Gasteiger partial charge on any atom is -0.383 e. The highest BCUT2D eigenvalue weighted by atomic mass is 19.4. The van der Waals surface area contributed by atoms with Crippen LogP contribution in [0.3, 0.4) is 0 Å². The number of aromatic nitrogens is 1. The third-order valence-electron chi connectivity index (χ3n) is 3.09. The molecule has 1 atom stereocenters. The average molecular weight is 311 g/mol. The number of pyridine rings is 1. The standard InChI is InChI=1S/C15H13F4N3/c1-9(11-8-21-7-6-12(11)15(17,18)19)22-14(20)10-4-2-3-5-13(10)16/h2-9H,1H3,(H2,20,22). The van der Waals surface area contributed by atoms with Gasteiger partial charge in [0.05, 0.1) is 17.2 Å². The fourth-order valence-electron chi connectivity index (χ4n) is 2.01. The summed E-state index contributed by atoms with van der Waals surface area (Å²) < 4.78 is 52.5. The van der Waals surface area contributed by atoms with E-state index in [1.54, 1.807) is 6.07 Å². The van der Waals surface area contributed by atoms with Crippen LogP contribution in [0, 0.1) is 5.82 Å². The summed E-state index contributed by atoms with van der Waals surface area (Å²) in [4.78, 5) is 7.66. The number of benzene rings is 1. The molecule has 22 heavy (non-hydrogen) atoms. The van der Waals surface area contributed by atoms with E-state index in [-0.39, 0.29) is 17.0 Å². The van der Waals surface area contributed by atoms with Gasteiger partial charge in [-0.25, -0.2) is 4.39 Å². The molecule has 0 saturated carbocycles. The second kappa shape index (κ2) is 6.13. The van der Waals surface area contributed by atoms with Crippen molar-refractivity contribution in [1.82, 2.24) is 4.98 Å². The van der Waals surface area contributed by atoms with E-state index in [4.69, 9.17) is 5.73 Å². The SMILES string of the molecule is CC(N=C(N)c1ccccc1F)c1cnccc1C(F)(F)F. The van der Waals surface area contributed by atoms with E-state index in [9.17, 15) is 17.6 Å². The van der Waals surface area contributed by atoms with Gasteiger partial charge in [-0.1, -0.05) is 12.1 Å². The van der Waals surface area contributed by atoms with Crippen molar-refractivity contribution in [3.05, 3.63) is 65.2 Å². The highest BCUT2D eigenvalue weighted by molar-refractivity contribution is 5.97. The van der Waals surface area contributed by atoms with Gasteiger partial charge in [-0.05, 0) is 25.1 Å². The summed E-state index contributed by atoms with van der Waals surface area (Å²) in [5.74, 6) is -0.749. The molecular weight excluding hydrogens is 298 g/mol. The highest BCUT2D eigenvalue weighted by Crippen LogP contribution is 2.35. The Labute approximate surface area is 124 Å². The number of amidine groups is 1. The fourth-order valence-corrected chi connectivity index (χ4v) is 2.01. The van der Waals surface area contributed by atoms with Gasteiger partial charge < -0.3 is 5.73 Å². The first-order chi connectivity index (χ1) is 10.3. The molecule has 7 heteroatoms. The lowest BCUT2D eigenvalue weighted by Crippen LogP contribution is -2.17. The second-order valence-corrected chi connectivity index (χ2v) is 4.63. The second-order valence-electron chi connectivity index (χ2n) is 4.63. The number of halogens is 4. The number of alkyl halides is 3. The van der Waals surface area contributed by atoms with Gasteiger partial charge in [0.1, 0.15) is 11.7 Å². The van der Waals surface area contributed by atoms with Gasteiger partial charge in [0.2, 0.25) is 0 Å². The van der Waals surface area contributed by atoms with Gasteiger partial charge in [-0.3, -0.25) is 9.98 Å². The Morgan fingerprint density at radius 3 is 2.55 bits per heavy atom. The van der Waals surface area contributed by atoms with Crippen LogP contribution < -0.4 is 5.73 Å². The summed E-state index contributed by atoms with van der Waals surface area (Å²) in [6.45, 7) is 1.44. The van der Waals surface area contributed by atoms with Gasteiger partial charge in [0.15, 0.2) is 0 Å². The summed E-state index contributed by atoms with van der Waals surface area (Å²) in [7, 11) is 0. The van der Waals surface area contributed by atoms with Gasteiger partial charge in [0.25, 0.3) is 0 Å². The van der Waals surface area contributed by atoms with Crippen LogP contribution in [0.15, 0.2) is 47.7 Å². The summed E-state index contributed by atoms with van der Waals surface area (Å²) >= 11 is 0. The molecule has 0 radical (unpaired) electrons.